The van der Waals surface area contributed by atoms with Gasteiger partial charge in [-0.1, -0.05) is 12.2 Å². The van der Waals surface area contributed by atoms with Gasteiger partial charge in [0.05, 0.1) is 11.7 Å². The average molecular weight is 142 g/mol. The van der Waals surface area contributed by atoms with Gasteiger partial charge in [-0.05, 0) is 19.8 Å². The van der Waals surface area contributed by atoms with Gasteiger partial charge in [0.15, 0.2) is 0 Å². The minimum Gasteiger partial charge on any atom is -0.366 e. The van der Waals surface area contributed by atoms with Crippen molar-refractivity contribution in [1.82, 2.24) is 0 Å². The van der Waals surface area contributed by atoms with Crippen molar-refractivity contribution in [3.63, 3.8) is 0 Å². The maximum atomic E-state index is 5.63. The first-order valence-electron chi connectivity index (χ1n) is 3.42. The maximum Gasteiger partial charge on any atom is 0.0970 e. The Balaban J connectivity index is 2.32. The maximum absolute atomic E-state index is 5.63. The quantitative estimate of drug-likeness (QED) is 0.476. The molecule has 0 aromatic carbocycles. The molecule has 1 nitrogen and oxygen atoms in total. The Labute approximate surface area is 60.4 Å². The van der Waals surface area contributed by atoms with Crippen LogP contribution in [0.5, 0.6) is 0 Å². The molecule has 2 saturated heterocycles. The zero-order valence-electron chi connectivity index (χ0n) is 5.52. The zero-order chi connectivity index (χ0) is 6.48. The molecule has 2 unspecified atom stereocenters. The summed E-state index contributed by atoms with van der Waals surface area (Å²) >= 11 is 5.16. The highest BCUT2D eigenvalue weighted by Gasteiger charge is 2.46. The van der Waals surface area contributed by atoms with E-state index < -0.39 is 0 Å². The molecule has 0 aromatic rings. The molecule has 2 atom stereocenters. The van der Waals surface area contributed by atoms with Gasteiger partial charge in [-0.2, -0.15) is 0 Å². The second-order valence-corrected chi connectivity index (χ2v) is 3.63. The van der Waals surface area contributed by atoms with Crippen LogP contribution >= 0.6 is 12.2 Å². The van der Waals surface area contributed by atoms with E-state index in [1.54, 1.807) is 0 Å². The lowest BCUT2D eigenvalue weighted by Gasteiger charge is -2.18. The minimum absolute atomic E-state index is 0. The van der Waals surface area contributed by atoms with E-state index >= 15 is 0 Å². The third-order valence-corrected chi connectivity index (χ3v) is 2.97. The molecule has 2 heterocycles. The summed E-state index contributed by atoms with van der Waals surface area (Å²) in [6, 6.07) is 0. The summed E-state index contributed by atoms with van der Waals surface area (Å²) in [5, 5.41) is 0. The Morgan fingerprint density at radius 1 is 1.78 bits per heavy atom. The van der Waals surface area contributed by atoms with Crippen molar-refractivity contribution in [1.29, 1.82) is 0 Å². The first kappa shape index (κ1) is 5.81. The van der Waals surface area contributed by atoms with Crippen LogP contribution in [-0.2, 0) is 4.74 Å². The zero-order valence-corrected chi connectivity index (χ0v) is 6.33. The fraction of sp³-hybridized carbons (Fsp3) is 0.857. The SMILES string of the molecule is CC12CCC(CC1=S)O2. The summed E-state index contributed by atoms with van der Waals surface area (Å²) in [6.07, 6.45) is 3.88. The van der Waals surface area contributed by atoms with E-state index in [1.165, 1.54) is 6.42 Å². The Bertz CT molecular complexity index is 166. The third-order valence-electron chi connectivity index (χ3n) is 2.37. The van der Waals surface area contributed by atoms with Gasteiger partial charge in [0.25, 0.3) is 0 Å². The van der Waals surface area contributed by atoms with Gasteiger partial charge in [0, 0.05) is 11.3 Å². The Hall–Kier alpha value is 0.0500. The summed E-state index contributed by atoms with van der Waals surface area (Å²) in [7, 11) is 0. The van der Waals surface area contributed by atoms with E-state index in [0.717, 1.165) is 17.7 Å². The third kappa shape index (κ3) is 0.665. The summed E-state index contributed by atoms with van der Waals surface area (Å²) in [5.74, 6) is 0. The van der Waals surface area contributed by atoms with Crippen LogP contribution in [0.1, 0.15) is 26.2 Å². The molecule has 0 saturated carbocycles. The van der Waals surface area contributed by atoms with Crippen LogP contribution in [0.2, 0.25) is 0 Å². The van der Waals surface area contributed by atoms with E-state index in [9.17, 15) is 0 Å². The lowest BCUT2D eigenvalue weighted by atomic mass is 9.90. The molecule has 2 fully saturated rings. The molecule has 0 aliphatic carbocycles. The summed E-state index contributed by atoms with van der Waals surface area (Å²) < 4.78 is 5.63. The number of ether oxygens (including phenoxy) is 1. The molecule has 0 aromatic heterocycles. The average Bonchev–Trinajstić information content (AvgIpc) is 2.22. The summed E-state index contributed by atoms with van der Waals surface area (Å²) in [6.45, 7) is 2.11. The largest absolute Gasteiger partial charge is 0.366 e. The second-order valence-electron chi connectivity index (χ2n) is 3.14. The molecule has 9 heavy (non-hydrogen) atoms. The van der Waals surface area contributed by atoms with Gasteiger partial charge in [-0.15, -0.1) is 0 Å². The van der Waals surface area contributed by atoms with Gasteiger partial charge >= 0.3 is 0 Å². The number of hydrogen-bond acceptors (Lipinski definition) is 2. The van der Waals surface area contributed by atoms with E-state index in [-0.39, 0.29) is 5.60 Å². The first-order valence-corrected chi connectivity index (χ1v) is 3.83. The molecule has 50 valence electrons. The number of rotatable bonds is 0. The van der Waals surface area contributed by atoms with Crippen molar-refractivity contribution < 1.29 is 4.74 Å². The standard InChI is InChI=1S/C7H10OS/c1-7-3-2-5(8-7)4-6(7)9/h5H,2-4H2,1H3. The Morgan fingerprint density at radius 3 is 2.78 bits per heavy atom. The van der Waals surface area contributed by atoms with E-state index in [4.69, 9.17) is 17.0 Å². The smallest absolute Gasteiger partial charge is 0.0970 e. The van der Waals surface area contributed by atoms with Gasteiger partial charge in [-0.25, -0.2) is 0 Å². The highest BCUT2D eigenvalue weighted by molar-refractivity contribution is 7.80. The highest BCUT2D eigenvalue weighted by Crippen LogP contribution is 2.41. The van der Waals surface area contributed by atoms with Crippen LogP contribution in [0, 0.1) is 0 Å². The molecule has 2 heteroatoms. The van der Waals surface area contributed by atoms with Gasteiger partial charge in [0.1, 0.15) is 0 Å². The minimum atomic E-state index is 0. The molecule has 0 radical (unpaired) electrons. The van der Waals surface area contributed by atoms with Gasteiger partial charge < -0.3 is 4.74 Å². The summed E-state index contributed by atoms with van der Waals surface area (Å²) in [4.78, 5) is 1.14. The van der Waals surface area contributed by atoms with Gasteiger partial charge in [-0.3, -0.25) is 0 Å². The van der Waals surface area contributed by atoms with Crippen molar-refractivity contribution in [3.8, 4) is 0 Å². The Kier molecular flexibility index (Phi) is 1.00. The van der Waals surface area contributed by atoms with Crippen molar-refractivity contribution in [2.75, 3.05) is 0 Å². The van der Waals surface area contributed by atoms with Crippen molar-refractivity contribution in [3.05, 3.63) is 0 Å². The van der Waals surface area contributed by atoms with Crippen molar-refractivity contribution in [2.24, 2.45) is 0 Å². The van der Waals surface area contributed by atoms with Crippen LogP contribution in [0.15, 0.2) is 0 Å². The fourth-order valence-corrected chi connectivity index (χ4v) is 2.03. The molecule has 2 bridgehead atoms. The van der Waals surface area contributed by atoms with Crippen LogP contribution in [0.25, 0.3) is 0 Å². The van der Waals surface area contributed by atoms with E-state index in [0.29, 0.717) is 6.10 Å². The van der Waals surface area contributed by atoms with E-state index in [2.05, 4.69) is 6.92 Å². The first-order chi connectivity index (χ1) is 4.21. The molecular weight excluding hydrogens is 132 g/mol. The number of hydrogen-bond donors (Lipinski definition) is 0. The molecule has 0 spiro atoms. The number of fused-ring (bicyclic) bond motifs is 2. The van der Waals surface area contributed by atoms with Crippen LogP contribution in [-0.4, -0.2) is 16.6 Å². The fourth-order valence-electron chi connectivity index (χ4n) is 1.69. The summed E-state index contributed by atoms with van der Waals surface area (Å²) in [5.41, 5.74) is 0. The molecule has 0 amide bonds. The lowest BCUT2D eigenvalue weighted by molar-refractivity contribution is 0.0529. The number of thiocarbonyl (C=S) groups is 1. The predicted molar refractivity (Wildman–Crippen MR) is 39.7 cm³/mol. The molecular formula is C7H10OS. The highest BCUT2D eigenvalue weighted by atomic mass is 32.1. The van der Waals surface area contributed by atoms with Crippen molar-refractivity contribution >= 4 is 17.1 Å². The van der Waals surface area contributed by atoms with Crippen LogP contribution in [0.3, 0.4) is 0 Å². The topological polar surface area (TPSA) is 9.23 Å². The lowest BCUT2D eigenvalue weighted by Crippen LogP contribution is -2.28. The van der Waals surface area contributed by atoms with Crippen molar-refractivity contribution in [2.45, 2.75) is 37.9 Å². The molecule has 2 aliphatic heterocycles. The Morgan fingerprint density at radius 2 is 2.56 bits per heavy atom. The molecule has 2 rings (SSSR count). The van der Waals surface area contributed by atoms with Gasteiger partial charge in [0.2, 0.25) is 0 Å². The second kappa shape index (κ2) is 1.55. The molecule has 2 aliphatic rings. The predicted octanol–water partition coefficient (Wildman–Crippen LogP) is 1.70. The molecule has 0 N–H and O–H groups in total. The van der Waals surface area contributed by atoms with E-state index in [1.807, 2.05) is 0 Å². The normalized spacial score (nSPS) is 48.6. The van der Waals surface area contributed by atoms with Crippen LogP contribution in [0.4, 0.5) is 0 Å². The monoisotopic (exact) mass is 142 g/mol. The van der Waals surface area contributed by atoms with Crippen LogP contribution < -0.4 is 0 Å².